The number of carbonyl (C=O) groups is 1. The molecule has 2 rings (SSSR count). The van der Waals surface area contributed by atoms with Gasteiger partial charge in [-0.05, 0) is 36.5 Å². The molecule has 1 N–H and O–H groups in total. The Kier molecular flexibility index (Phi) is 5.20. The summed E-state index contributed by atoms with van der Waals surface area (Å²) in [5.41, 5.74) is 2.40. The zero-order valence-corrected chi connectivity index (χ0v) is 11.7. The summed E-state index contributed by atoms with van der Waals surface area (Å²) in [6.07, 6.45) is 10.6. The van der Waals surface area contributed by atoms with Crippen LogP contribution >= 0.6 is 0 Å². The Labute approximate surface area is 115 Å². The van der Waals surface area contributed by atoms with Gasteiger partial charge in [-0.15, -0.1) is 0 Å². The quantitative estimate of drug-likeness (QED) is 0.818. The fraction of sp³-hybridized carbons (Fsp3) is 0.471. The van der Waals surface area contributed by atoms with E-state index in [0.29, 0.717) is 6.04 Å². The van der Waals surface area contributed by atoms with E-state index in [-0.39, 0.29) is 5.91 Å². The highest BCUT2D eigenvalue weighted by molar-refractivity contribution is 5.91. The first-order valence-corrected chi connectivity index (χ1v) is 7.35. The Morgan fingerprint density at radius 2 is 1.89 bits per heavy atom. The van der Waals surface area contributed by atoms with Gasteiger partial charge in [0.25, 0.3) is 0 Å². The van der Waals surface area contributed by atoms with Crippen molar-refractivity contribution in [1.82, 2.24) is 5.32 Å². The number of amides is 1. The average Bonchev–Trinajstić information content (AvgIpc) is 2.47. The van der Waals surface area contributed by atoms with Crippen LogP contribution in [0.4, 0.5) is 0 Å². The molecule has 1 aliphatic carbocycles. The summed E-state index contributed by atoms with van der Waals surface area (Å²) in [7, 11) is 0. The van der Waals surface area contributed by atoms with E-state index in [2.05, 4.69) is 36.5 Å². The minimum atomic E-state index is 0.0338. The second kappa shape index (κ2) is 7.13. The molecular formula is C17H23NO. The Bertz CT molecular complexity index is 427. The SMILES string of the molecule is CCc1ccc(/C=C/C(=O)NC2CCCCC2)cc1. The molecule has 1 amide bonds. The lowest BCUT2D eigenvalue weighted by molar-refractivity contribution is -0.117. The molecule has 2 nitrogen and oxygen atoms in total. The van der Waals surface area contributed by atoms with E-state index in [0.717, 1.165) is 24.8 Å². The van der Waals surface area contributed by atoms with E-state index in [9.17, 15) is 4.79 Å². The first kappa shape index (κ1) is 13.9. The van der Waals surface area contributed by atoms with E-state index >= 15 is 0 Å². The van der Waals surface area contributed by atoms with Gasteiger partial charge in [-0.3, -0.25) is 4.79 Å². The van der Waals surface area contributed by atoms with E-state index in [4.69, 9.17) is 0 Å². The van der Waals surface area contributed by atoms with Gasteiger partial charge in [-0.2, -0.15) is 0 Å². The lowest BCUT2D eigenvalue weighted by atomic mass is 9.95. The summed E-state index contributed by atoms with van der Waals surface area (Å²) in [5.74, 6) is 0.0338. The number of aryl methyl sites for hydroxylation is 1. The summed E-state index contributed by atoms with van der Waals surface area (Å²) >= 11 is 0. The van der Waals surface area contributed by atoms with Crippen molar-refractivity contribution in [3.05, 3.63) is 41.5 Å². The minimum Gasteiger partial charge on any atom is -0.350 e. The number of hydrogen-bond acceptors (Lipinski definition) is 1. The standard InChI is InChI=1S/C17H23NO/c1-2-14-8-10-15(11-9-14)12-13-17(19)18-16-6-4-3-5-7-16/h8-13,16H,2-7H2,1H3,(H,18,19)/b13-12+. The van der Waals surface area contributed by atoms with Gasteiger partial charge >= 0.3 is 0 Å². The van der Waals surface area contributed by atoms with Gasteiger partial charge in [0.15, 0.2) is 0 Å². The van der Waals surface area contributed by atoms with Gasteiger partial charge in [-0.25, -0.2) is 0 Å². The topological polar surface area (TPSA) is 29.1 Å². The van der Waals surface area contributed by atoms with E-state index in [1.807, 2.05) is 6.08 Å². The molecule has 1 aromatic carbocycles. The van der Waals surface area contributed by atoms with E-state index in [1.165, 1.54) is 24.8 Å². The summed E-state index contributed by atoms with van der Waals surface area (Å²) in [6, 6.07) is 8.72. The summed E-state index contributed by atoms with van der Waals surface area (Å²) in [5, 5.41) is 3.09. The lowest BCUT2D eigenvalue weighted by Crippen LogP contribution is -2.34. The number of nitrogens with one attached hydrogen (secondary N) is 1. The molecule has 0 radical (unpaired) electrons. The highest BCUT2D eigenvalue weighted by Crippen LogP contribution is 2.17. The molecule has 0 saturated heterocycles. The largest absolute Gasteiger partial charge is 0.350 e. The normalized spacial score (nSPS) is 16.7. The van der Waals surface area contributed by atoms with Crippen LogP contribution in [0.1, 0.15) is 50.2 Å². The molecule has 0 bridgehead atoms. The highest BCUT2D eigenvalue weighted by Gasteiger charge is 2.13. The van der Waals surface area contributed by atoms with Crippen LogP contribution in [0, 0.1) is 0 Å². The van der Waals surface area contributed by atoms with Gasteiger partial charge in [0.05, 0.1) is 0 Å². The van der Waals surface area contributed by atoms with Crippen molar-refractivity contribution in [2.75, 3.05) is 0 Å². The van der Waals surface area contributed by atoms with Crippen LogP contribution < -0.4 is 5.32 Å². The molecule has 0 unspecified atom stereocenters. The number of rotatable bonds is 4. The third-order valence-corrected chi connectivity index (χ3v) is 3.77. The second-order valence-corrected chi connectivity index (χ2v) is 5.27. The maximum Gasteiger partial charge on any atom is 0.244 e. The molecule has 0 spiro atoms. The predicted molar refractivity (Wildman–Crippen MR) is 79.9 cm³/mol. The van der Waals surface area contributed by atoms with Crippen molar-refractivity contribution in [2.45, 2.75) is 51.5 Å². The third kappa shape index (κ3) is 4.55. The molecule has 0 aromatic heterocycles. The van der Waals surface area contributed by atoms with Crippen LogP contribution in [-0.2, 0) is 11.2 Å². The molecule has 19 heavy (non-hydrogen) atoms. The van der Waals surface area contributed by atoms with Crippen molar-refractivity contribution in [1.29, 1.82) is 0 Å². The van der Waals surface area contributed by atoms with E-state index in [1.54, 1.807) is 6.08 Å². The van der Waals surface area contributed by atoms with Crippen LogP contribution in [0.25, 0.3) is 6.08 Å². The summed E-state index contributed by atoms with van der Waals surface area (Å²) in [6.45, 7) is 2.14. The maximum atomic E-state index is 11.8. The maximum absolute atomic E-state index is 11.8. The van der Waals surface area contributed by atoms with Crippen molar-refractivity contribution in [3.8, 4) is 0 Å². The zero-order valence-electron chi connectivity index (χ0n) is 11.7. The molecule has 2 heteroatoms. The lowest BCUT2D eigenvalue weighted by Gasteiger charge is -2.21. The molecule has 1 aromatic rings. The van der Waals surface area contributed by atoms with Crippen LogP contribution in [0.5, 0.6) is 0 Å². The molecule has 0 atom stereocenters. The van der Waals surface area contributed by atoms with Gasteiger partial charge in [0, 0.05) is 12.1 Å². The molecular weight excluding hydrogens is 234 g/mol. The van der Waals surface area contributed by atoms with Gasteiger partial charge < -0.3 is 5.32 Å². The van der Waals surface area contributed by atoms with Gasteiger partial charge in [0.1, 0.15) is 0 Å². The molecule has 1 aliphatic rings. The molecule has 1 saturated carbocycles. The van der Waals surface area contributed by atoms with Crippen LogP contribution in [0.2, 0.25) is 0 Å². The summed E-state index contributed by atoms with van der Waals surface area (Å²) < 4.78 is 0. The Hall–Kier alpha value is -1.57. The smallest absolute Gasteiger partial charge is 0.244 e. The second-order valence-electron chi connectivity index (χ2n) is 5.27. The minimum absolute atomic E-state index is 0.0338. The van der Waals surface area contributed by atoms with Crippen molar-refractivity contribution < 1.29 is 4.79 Å². The number of carbonyl (C=O) groups excluding carboxylic acids is 1. The van der Waals surface area contributed by atoms with Gasteiger partial charge in [-0.1, -0.05) is 50.5 Å². The van der Waals surface area contributed by atoms with Crippen LogP contribution in [0.15, 0.2) is 30.3 Å². The van der Waals surface area contributed by atoms with Gasteiger partial charge in [0.2, 0.25) is 5.91 Å². The fourth-order valence-electron chi connectivity index (χ4n) is 2.53. The van der Waals surface area contributed by atoms with Crippen molar-refractivity contribution in [2.24, 2.45) is 0 Å². The predicted octanol–water partition coefficient (Wildman–Crippen LogP) is 3.71. The Morgan fingerprint density at radius 1 is 1.21 bits per heavy atom. The summed E-state index contributed by atoms with van der Waals surface area (Å²) in [4.78, 5) is 11.8. The Morgan fingerprint density at radius 3 is 2.53 bits per heavy atom. The molecule has 102 valence electrons. The first-order valence-electron chi connectivity index (χ1n) is 7.35. The number of hydrogen-bond donors (Lipinski definition) is 1. The number of benzene rings is 1. The van der Waals surface area contributed by atoms with Crippen molar-refractivity contribution in [3.63, 3.8) is 0 Å². The third-order valence-electron chi connectivity index (χ3n) is 3.77. The average molecular weight is 257 g/mol. The molecule has 0 heterocycles. The highest BCUT2D eigenvalue weighted by atomic mass is 16.1. The van der Waals surface area contributed by atoms with Crippen LogP contribution in [0.3, 0.4) is 0 Å². The fourth-order valence-corrected chi connectivity index (χ4v) is 2.53. The molecule has 1 fully saturated rings. The molecule has 0 aliphatic heterocycles. The van der Waals surface area contributed by atoms with E-state index < -0.39 is 0 Å². The monoisotopic (exact) mass is 257 g/mol. The zero-order chi connectivity index (χ0) is 13.5. The van der Waals surface area contributed by atoms with Crippen LogP contribution in [-0.4, -0.2) is 11.9 Å². The first-order chi connectivity index (χ1) is 9.28. The Balaban J connectivity index is 1.84. The van der Waals surface area contributed by atoms with Crippen molar-refractivity contribution >= 4 is 12.0 Å².